The SMILES string of the molecule is [2H]C([2H])([2H])c1c[n+](C)c(C(C)C)cc1[Si](C)(C)C. The van der Waals surface area contributed by atoms with Crippen molar-refractivity contribution < 1.29 is 8.68 Å². The highest BCUT2D eigenvalue weighted by atomic mass is 28.3. The van der Waals surface area contributed by atoms with Crippen LogP contribution in [0.25, 0.3) is 0 Å². The van der Waals surface area contributed by atoms with Crippen LogP contribution in [0.2, 0.25) is 19.6 Å². The van der Waals surface area contributed by atoms with E-state index in [9.17, 15) is 0 Å². The third kappa shape index (κ3) is 2.68. The monoisotopic (exact) mass is 225 g/mol. The summed E-state index contributed by atoms with van der Waals surface area (Å²) < 4.78 is 25.1. The third-order valence-electron chi connectivity index (χ3n) is 2.71. The van der Waals surface area contributed by atoms with Gasteiger partial charge < -0.3 is 0 Å². The van der Waals surface area contributed by atoms with Gasteiger partial charge in [0, 0.05) is 21.7 Å². The van der Waals surface area contributed by atoms with Crippen LogP contribution in [-0.2, 0) is 7.05 Å². The van der Waals surface area contributed by atoms with E-state index in [0.717, 1.165) is 5.19 Å². The lowest BCUT2D eigenvalue weighted by Gasteiger charge is -2.19. The first-order valence-electron chi connectivity index (χ1n) is 6.99. The molecule has 0 saturated heterocycles. The molecule has 1 heterocycles. The van der Waals surface area contributed by atoms with Crippen LogP contribution < -0.4 is 9.75 Å². The molecule has 84 valence electrons. The second kappa shape index (κ2) is 4.09. The van der Waals surface area contributed by atoms with Gasteiger partial charge in [-0.15, -0.1) is 0 Å². The summed E-state index contributed by atoms with van der Waals surface area (Å²) in [6.45, 7) is 8.84. The van der Waals surface area contributed by atoms with Gasteiger partial charge in [0.25, 0.3) is 0 Å². The number of nitrogens with zero attached hydrogens (tertiary/aromatic N) is 1. The van der Waals surface area contributed by atoms with Crippen LogP contribution in [0.1, 0.15) is 35.1 Å². The van der Waals surface area contributed by atoms with Crippen LogP contribution in [0, 0.1) is 6.85 Å². The van der Waals surface area contributed by atoms with E-state index >= 15 is 0 Å². The second-order valence-electron chi connectivity index (χ2n) is 5.54. The molecule has 1 aromatic heterocycles. The van der Waals surface area contributed by atoms with E-state index in [1.54, 1.807) is 6.20 Å². The number of aryl methyl sites for hydroxylation is 2. The molecule has 0 bridgehead atoms. The number of hydrogen-bond donors (Lipinski definition) is 0. The van der Waals surface area contributed by atoms with Gasteiger partial charge in [0.05, 0.1) is 8.07 Å². The molecule has 0 amide bonds. The van der Waals surface area contributed by atoms with Crippen molar-refractivity contribution in [2.45, 2.75) is 46.3 Å². The van der Waals surface area contributed by atoms with Crippen molar-refractivity contribution in [2.75, 3.05) is 0 Å². The maximum Gasteiger partial charge on any atom is 0.183 e. The Morgan fingerprint density at radius 2 is 1.93 bits per heavy atom. The van der Waals surface area contributed by atoms with Crippen molar-refractivity contribution in [3.63, 3.8) is 0 Å². The number of rotatable bonds is 2. The minimum atomic E-state index is -2.02. The molecular formula is C13H24NSi+. The Hall–Kier alpha value is -0.633. The number of hydrogen-bond acceptors (Lipinski definition) is 0. The van der Waals surface area contributed by atoms with Gasteiger partial charge in [-0.25, -0.2) is 4.57 Å². The first-order valence-corrected chi connectivity index (χ1v) is 8.99. The van der Waals surface area contributed by atoms with Gasteiger partial charge in [-0.05, 0) is 12.0 Å². The molecule has 0 N–H and O–H groups in total. The van der Waals surface area contributed by atoms with Gasteiger partial charge in [-0.1, -0.05) is 33.5 Å². The smallest absolute Gasteiger partial charge is 0.183 e. The average Bonchev–Trinajstić information content (AvgIpc) is 2.13. The molecule has 1 aromatic rings. The summed E-state index contributed by atoms with van der Waals surface area (Å²) in [5, 5.41) is 1.06. The van der Waals surface area contributed by atoms with Crippen LogP contribution in [0.3, 0.4) is 0 Å². The molecule has 1 nitrogen and oxygen atoms in total. The molecule has 15 heavy (non-hydrogen) atoms. The van der Waals surface area contributed by atoms with Crippen LogP contribution in [-0.4, -0.2) is 8.07 Å². The molecule has 0 aromatic carbocycles. The highest BCUT2D eigenvalue weighted by molar-refractivity contribution is 6.89. The molecule has 2 heteroatoms. The van der Waals surface area contributed by atoms with Gasteiger partial charge in [0.2, 0.25) is 0 Å². The van der Waals surface area contributed by atoms with E-state index in [-0.39, 0.29) is 0 Å². The molecule has 0 unspecified atom stereocenters. The first kappa shape index (κ1) is 8.51. The Balaban J connectivity index is 3.58. The van der Waals surface area contributed by atoms with Crippen molar-refractivity contribution >= 4 is 13.3 Å². The minimum Gasteiger partial charge on any atom is -0.205 e. The second-order valence-corrected chi connectivity index (χ2v) is 10.6. The molecule has 0 radical (unpaired) electrons. The van der Waals surface area contributed by atoms with Crippen molar-refractivity contribution in [1.29, 1.82) is 0 Å². The fourth-order valence-electron chi connectivity index (χ4n) is 1.86. The summed E-state index contributed by atoms with van der Waals surface area (Å²) >= 11 is 0. The predicted octanol–water partition coefficient (Wildman–Crippen LogP) is 2.49. The molecule has 1 rings (SSSR count). The minimum absolute atomic E-state index is 0.399. The van der Waals surface area contributed by atoms with Gasteiger partial charge in [-0.3, -0.25) is 0 Å². The topological polar surface area (TPSA) is 3.88 Å². The van der Waals surface area contributed by atoms with Gasteiger partial charge >= 0.3 is 0 Å². The lowest BCUT2D eigenvalue weighted by atomic mass is 10.1. The summed E-state index contributed by atoms with van der Waals surface area (Å²) in [4.78, 5) is 0. The lowest BCUT2D eigenvalue weighted by Crippen LogP contribution is -2.45. The molecule has 0 spiro atoms. The average molecular weight is 225 g/mol. The Morgan fingerprint density at radius 3 is 2.33 bits per heavy atom. The number of pyridine rings is 1. The van der Waals surface area contributed by atoms with Crippen LogP contribution in [0.5, 0.6) is 0 Å². The molecule has 0 aliphatic carbocycles. The van der Waals surface area contributed by atoms with Gasteiger partial charge in [-0.2, -0.15) is 0 Å². The summed E-state index contributed by atoms with van der Waals surface area (Å²) in [7, 11) is 0.268. The molecule has 0 saturated carbocycles. The van der Waals surface area contributed by atoms with Crippen molar-refractivity contribution in [2.24, 2.45) is 7.05 Å². The van der Waals surface area contributed by atoms with Crippen LogP contribution >= 0.6 is 0 Å². The van der Waals surface area contributed by atoms with Crippen LogP contribution in [0.15, 0.2) is 12.3 Å². The fraction of sp³-hybridized carbons (Fsp3) is 0.615. The van der Waals surface area contributed by atoms with Crippen molar-refractivity contribution in [3.05, 3.63) is 23.5 Å². The molecule has 0 fully saturated rings. The molecule has 0 aliphatic heterocycles. The largest absolute Gasteiger partial charge is 0.205 e. The van der Waals surface area contributed by atoms with E-state index in [2.05, 4.69) is 39.6 Å². The standard InChI is InChI=1S/C13H24NSi/c1-10(2)12-8-13(15(5,6)7)11(3)9-14(12)4/h8-10H,1-7H3/q+1/i3D3. The zero-order valence-electron chi connectivity index (χ0n) is 13.7. The molecule has 0 aliphatic rings. The van der Waals surface area contributed by atoms with E-state index in [1.165, 1.54) is 5.69 Å². The van der Waals surface area contributed by atoms with Crippen molar-refractivity contribution in [1.82, 2.24) is 0 Å². The third-order valence-corrected chi connectivity index (χ3v) is 4.74. The Labute approximate surface area is 99.4 Å². The zero-order chi connectivity index (χ0) is 14.3. The highest BCUT2D eigenvalue weighted by Gasteiger charge is 2.23. The normalized spacial score (nSPS) is 16.1. The zero-order valence-corrected chi connectivity index (χ0v) is 11.7. The highest BCUT2D eigenvalue weighted by Crippen LogP contribution is 2.12. The summed E-state index contributed by atoms with van der Waals surface area (Å²) in [5.41, 5.74) is 1.72. The van der Waals surface area contributed by atoms with E-state index < -0.39 is 14.9 Å². The summed E-state index contributed by atoms with van der Waals surface area (Å²) in [6.07, 6.45) is 1.80. The predicted molar refractivity (Wildman–Crippen MR) is 69.4 cm³/mol. The first-order chi connectivity index (χ1) is 7.94. The van der Waals surface area contributed by atoms with Gasteiger partial charge in [0.1, 0.15) is 7.05 Å². The van der Waals surface area contributed by atoms with E-state index in [4.69, 9.17) is 4.11 Å². The Kier molecular flexibility index (Phi) is 2.32. The van der Waals surface area contributed by atoms with Gasteiger partial charge in [0.15, 0.2) is 11.9 Å². The molecular weight excluding hydrogens is 198 g/mol. The van der Waals surface area contributed by atoms with E-state index in [1.807, 2.05) is 11.6 Å². The maximum atomic E-state index is 7.71. The summed E-state index contributed by atoms with van der Waals surface area (Å²) in [6, 6.07) is 2.11. The lowest BCUT2D eigenvalue weighted by molar-refractivity contribution is -0.680. The quantitative estimate of drug-likeness (QED) is 0.538. The van der Waals surface area contributed by atoms with E-state index in [0.29, 0.717) is 11.5 Å². The fourth-order valence-corrected chi connectivity index (χ4v) is 3.31. The van der Waals surface area contributed by atoms with Crippen LogP contribution in [0.4, 0.5) is 0 Å². The van der Waals surface area contributed by atoms with Crippen molar-refractivity contribution in [3.8, 4) is 0 Å². The maximum absolute atomic E-state index is 7.71. The number of aromatic nitrogens is 1. The Bertz CT molecular complexity index is 445. The summed E-state index contributed by atoms with van der Waals surface area (Å²) in [5.74, 6) is 0.399. The Morgan fingerprint density at radius 1 is 1.33 bits per heavy atom. The molecule has 0 atom stereocenters.